The van der Waals surface area contributed by atoms with E-state index in [1.54, 1.807) is 42.5 Å². The maximum atomic E-state index is 13.5. The van der Waals surface area contributed by atoms with Gasteiger partial charge in [0.05, 0.1) is 18.6 Å². The van der Waals surface area contributed by atoms with Crippen molar-refractivity contribution < 1.29 is 58.7 Å². The fourth-order valence-electron chi connectivity index (χ4n) is 3.48. The number of ether oxygens (including phenoxy) is 3. The van der Waals surface area contributed by atoms with E-state index < -0.39 is 10.0 Å². The van der Waals surface area contributed by atoms with Gasteiger partial charge in [-0.15, -0.1) is 0 Å². The van der Waals surface area contributed by atoms with Crippen LogP contribution in [-0.4, -0.2) is 53.8 Å². The molecule has 0 aliphatic heterocycles. The Bertz CT molecular complexity index is 1540. The molecule has 0 atom stereocenters. The number of aliphatic hydroxyl groups excluding tert-OH is 1. The zero-order valence-electron chi connectivity index (χ0n) is 24.0. The van der Waals surface area contributed by atoms with Crippen LogP contribution in [0.2, 0.25) is 0 Å². The van der Waals surface area contributed by atoms with Gasteiger partial charge in [-0.05, 0) is 41.3 Å². The summed E-state index contributed by atoms with van der Waals surface area (Å²) in [6.45, 7) is 5.65. The molecule has 0 spiro atoms. The number of aromatic nitrogens is 4. The maximum absolute atomic E-state index is 13.5. The van der Waals surface area contributed by atoms with E-state index in [-0.39, 0.29) is 89.4 Å². The van der Waals surface area contributed by atoms with Crippen molar-refractivity contribution >= 4 is 15.8 Å². The summed E-state index contributed by atoms with van der Waals surface area (Å²) in [5.74, 6) is 0.271. The molecule has 40 heavy (non-hydrogen) atoms. The summed E-state index contributed by atoms with van der Waals surface area (Å²) in [5.41, 5.74) is 0.827. The molecule has 0 saturated carbocycles. The van der Waals surface area contributed by atoms with Crippen LogP contribution >= 0.6 is 0 Å². The average molecular weight is 576 g/mol. The predicted molar refractivity (Wildman–Crippen MR) is 146 cm³/mol. The average Bonchev–Trinajstić information content (AvgIpc) is 2.93. The minimum Gasteiger partial charge on any atom is -1.00 e. The van der Waals surface area contributed by atoms with Gasteiger partial charge in [0.1, 0.15) is 6.61 Å². The molecule has 2 aromatic carbocycles. The van der Waals surface area contributed by atoms with Crippen LogP contribution < -0.4 is 48.5 Å². The summed E-state index contributed by atoms with van der Waals surface area (Å²) >= 11 is 0. The maximum Gasteiger partial charge on any atom is 1.00 e. The molecule has 206 valence electrons. The Morgan fingerprint density at radius 3 is 2.17 bits per heavy atom. The van der Waals surface area contributed by atoms with Gasteiger partial charge in [-0.25, -0.2) is 23.4 Å². The molecule has 0 bridgehead atoms. The molecule has 0 aliphatic rings. The molecular formula is C27H30N5NaO6S. The van der Waals surface area contributed by atoms with Gasteiger partial charge in [-0.1, -0.05) is 45.0 Å². The van der Waals surface area contributed by atoms with Gasteiger partial charge in [-0.3, -0.25) is 4.72 Å². The van der Waals surface area contributed by atoms with Crippen molar-refractivity contribution in [3.63, 3.8) is 0 Å². The first-order valence-corrected chi connectivity index (χ1v) is 13.5. The molecule has 2 heterocycles. The van der Waals surface area contributed by atoms with E-state index in [0.29, 0.717) is 5.75 Å². The Balaban J connectivity index is 0.00000294. The van der Waals surface area contributed by atoms with E-state index in [4.69, 9.17) is 14.2 Å². The second-order valence-electron chi connectivity index (χ2n) is 9.31. The molecular weight excluding hydrogens is 545 g/mol. The van der Waals surface area contributed by atoms with Crippen LogP contribution in [-0.2, 0) is 15.4 Å². The normalized spacial score (nSPS) is 11.3. The molecule has 0 amide bonds. The van der Waals surface area contributed by atoms with Crippen LogP contribution in [0.25, 0.3) is 11.6 Å². The third-order valence-corrected chi connectivity index (χ3v) is 6.83. The Hall–Kier alpha value is -3.29. The largest absolute Gasteiger partial charge is 1.00 e. The minimum absolute atomic E-state index is 0. The van der Waals surface area contributed by atoms with Gasteiger partial charge in [-0.2, -0.15) is 4.98 Å². The van der Waals surface area contributed by atoms with Gasteiger partial charge >= 0.3 is 29.6 Å². The number of methoxy groups -OCH3 is 1. The first-order chi connectivity index (χ1) is 18.6. The molecule has 4 rings (SSSR count). The number of sulfonamides is 1. The van der Waals surface area contributed by atoms with Gasteiger partial charge < -0.3 is 20.7 Å². The van der Waals surface area contributed by atoms with E-state index in [1.165, 1.54) is 31.6 Å². The smallest absolute Gasteiger partial charge is 1.00 e. The third kappa shape index (κ3) is 7.46. The number of nitrogens with zero attached hydrogens (tertiary/aromatic N) is 4. The van der Waals surface area contributed by atoms with Crippen LogP contribution in [0.3, 0.4) is 0 Å². The number of rotatable bonds is 10. The second-order valence-corrected chi connectivity index (χ2v) is 11.0. The summed E-state index contributed by atoms with van der Waals surface area (Å²) < 4.78 is 46.6. The molecule has 11 nitrogen and oxygen atoms in total. The number of benzene rings is 2. The molecule has 13 heteroatoms. The summed E-state index contributed by atoms with van der Waals surface area (Å²) in [4.78, 5) is 17.1. The molecule has 4 aromatic rings. The van der Waals surface area contributed by atoms with Crippen molar-refractivity contribution in [3.05, 3.63) is 72.6 Å². The van der Waals surface area contributed by atoms with Crippen molar-refractivity contribution in [2.45, 2.75) is 31.1 Å². The van der Waals surface area contributed by atoms with Crippen LogP contribution in [0, 0.1) is 0 Å². The quantitative estimate of drug-likeness (QED) is 0.266. The topological polar surface area (TPSA) is 146 Å². The van der Waals surface area contributed by atoms with Crippen molar-refractivity contribution in [1.82, 2.24) is 19.9 Å². The van der Waals surface area contributed by atoms with E-state index in [0.717, 1.165) is 5.56 Å². The second kappa shape index (κ2) is 13.4. The third-order valence-electron chi connectivity index (χ3n) is 5.47. The molecule has 0 fully saturated rings. The van der Waals surface area contributed by atoms with E-state index in [1.807, 2.05) is 20.8 Å². The molecule has 2 N–H and O–H groups in total. The van der Waals surface area contributed by atoms with Crippen molar-refractivity contribution in [2.75, 3.05) is 25.0 Å². The Kier molecular flexibility index (Phi) is 10.4. The van der Waals surface area contributed by atoms with Gasteiger partial charge in [0.2, 0.25) is 11.6 Å². The number of para-hydroxylation sites is 2. The van der Waals surface area contributed by atoms with Crippen LogP contribution in [0.15, 0.2) is 71.9 Å². The number of hydrogen-bond donors (Lipinski definition) is 2. The Morgan fingerprint density at radius 2 is 1.57 bits per heavy atom. The number of anilines is 1. The molecule has 0 aliphatic carbocycles. The van der Waals surface area contributed by atoms with Crippen molar-refractivity contribution in [1.29, 1.82) is 0 Å². The van der Waals surface area contributed by atoms with Gasteiger partial charge in [0.15, 0.2) is 23.1 Å². The fourth-order valence-corrected chi connectivity index (χ4v) is 4.48. The van der Waals surface area contributed by atoms with Crippen LogP contribution in [0.1, 0.15) is 27.8 Å². The number of hydrogen-bond acceptors (Lipinski definition) is 10. The molecule has 2 aromatic heterocycles. The summed E-state index contributed by atoms with van der Waals surface area (Å²) in [7, 11) is -2.66. The van der Waals surface area contributed by atoms with Crippen LogP contribution in [0.4, 0.5) is 5.82 Å². The molecule has 0 radical (unpaired) electrons. The summed E-state index contributed by atoms with van der Waals surface area (Å²) in [6, 6.07) is 15.0. The van der Waals surface area contributed by atoms with Crippen molar-refractivity contribution in [2.24, 2.45) is 0 Å². The van der Waals surface area contributed by atoms with E-state index in [2.05, 4.69) is 24.7 Å². The minimum atomic E-state index is -4.14. The molecule has 0 unspecified atom stereocenters. The standard InChI is InChI=1S/C27H29N5O6S.Na.H/c1-27(2,3)18-10-12-19(13-11-18)39(34,35)32-23-22(38-21-9-6-5-8-20(21)36-4)26(37-17-16-33)31-25(30-23)24-28-14-7-15-29-24;;/h5-15,33H,16-17H2,1-4H3,(H,30,31,32);;/q;+1;-1. The fraction of sp³-hybridized carbons (Fsp3) is 0.259. The predicted octanol–water partition coefficient (Wildman–Crippen LogP) is 1.32. The van der Waals surface area contributed by atoms with Gasteiger partial charge in [0, 0.05) is 12.4 Å². The Labute approximate surface area is 256 Å². The summed E-state index contributed by atoms with van der Waals surface area (Å²) in [5, 5.41) is 9.40. The van der Waals surface area contributed by atoms with Crippen molar-refractivity contribution in [3.8, 4) is 34.8 Å². The van der Waals surface area contributed by atoms with Gasteiger partial charge in [0.25, 0.3) is 15.9 Å². The van der Waals surface area contributed by atoms with E-state index >= 15 is 0 Å². The Morgan fingerprint density at radius 1 is 0.925 bits per heavy atom. The monoisotopic (exact) mass is 575 g/mol. The summed E-state index contributed by atoms with van der Waals surface area (Å²) in [6.07, 6.45) is 3.00. The number of aliphatic hydroxyl groups is 1. The zero-order valence-corrected chi connectivity index (χ0v) is 25.8. The zero-order chi connectivity index (χ0) is 28.0. The molecule has 0 saturated heterocycles. The first kappa shape index (κ1) is 31.2. The first-order valence-electron chi connectivity index (χ1n) is 12.0. The van der Waals surface area contributed by atoms with E-state index in [9.17, 15) is 13.5 Å². The van der Waals surface area contributed by atoms with Crippen LogP contribution in [0.5, 0.6) is 23.1 Å². The number of nitrogens with one attached hydrogen (secondary N) is 1. The SMILES string of the molecule is COc1ccccc1Oc1c(NS(=O)(=O)c2ccc(C(C)(C)C)cc2)nc(-c2ncccn2)nc1OCCO.[H-].[Na+].